The molecule has 0 radical (unpaired) electrons. The number of carbonyl (C=O) groups excluding carboxylic acids is 1. The highest BCUT2D eigenvalue weighted by Gasteiger charge is 2.22. The Hall–Kier alpha value is -1.06. The highest BCUT2D eigenvalue weighted by molar-refractivity contribution is 7.91. The summed E-state index contributed by atoms with van der Waals surface area (Å²) in [7, 11) is -3.68. The van der Waals surface area contributed by atoms with Crippen LogP contribution in [-0.2, 0) is 14.8 Å². The Morgan fingerprint density at radius 2 is 1.96 bits per heavy atom. The third kappa shape index (κ3) is 6.52. The Labute approximate surface area is 142 Å². The summed E-state index contributed by atoms with van der Waals surface area (Å²) in [5, 5.41) is 10.1. The van der Waals surface area contributed by atoms with Gasteiger partial charge in [-0.3, -0.25) is 4.79 Å². The first-order valence-electron chi connectivity index (χ1n) is 7.94. The summed E-state index contributed by atoms with van der Waals surface area (Å²) in [5.41, 5.74) is 0. The van der Waals surface area contributed by atoms with E-state index in [1.807, 2.05) is 0 Å². The zero-order chi connectivity index (χ0) is 17.5. The lowest BCUT2D eigenvalue weighted by molar-refractivity contribution is -0.118. The zero-order valence-corrected chi connectivity index (χ0v) is 15.8. The highest BCUT2D eigenvalue weighted by Crippen LogP contribution is 2.21. The van der Waals surface area contributed by atoms with Gasteiger partial charge in [0.15, 0.2) is 0 Å². The predicted octanol–water partition coefficient (Wildman–Crippen LogP) is 2.63. The molecule has 0 saturated heterocycles. The molecule has 132 valence electrons. The molecule has 0 saturated carbocycles. The van der Waals surface area contributed by atoms with Crippen molar-refractivity contribution >= 4 is 32.4 Å². The third-order valence-corrected chi connectivity index (χ3v) is 6.13. The first-order valence-corrected chi connectivity index (χ1v) is 10.2. The summed E-state index contributed by atoms with van der Waals surface area (Å²) in [6.07, 6.45) is 4.11. The minimum atomic E-state index is -3.68. The SMILES string of the molecule is CCCC[C@@H](CC)CNS(=O)(=O)c1nnc(NC(=O)C(C)C)s1. The van der Waals surface area contributed by atoms with Crippen LogP contribution in [0, 0.1) is 11.8 Å². The Morgan fingerprint density at radius 1 is 1.26 bits per heavy atom. The van der Waals surface area contributed by atoms with Crippen molar-refractivity contribution in [3.05, 3.63) is 0 Å². The van der Waals surface area contributed by atoms with Crippen LogP contribution in [0.1, 0.15) is 53.4 Å². The molecular formula is C14H26N4O3S2. The average molecular weight is 363 g/mol. The molecule has 0 aliphatic carbocycles. The van der Waals surface area contributed by atoms with Crippen molar-refractivity contribution in [1.29, 1.82) is 0 Å². The van der Waals surface area contributed by atoms with E-state index in [1.54, 1.807) is 13.8 Å². The number of carbonyl (C=O) groups is 1. The molecular weight excluding hydrogens is 336 g/mol. The number of sulfonamides is 1. The van der Waals surface area contributed by atoms with Crippen molar-refractivity contribution in [1.82, 2.24) is 14.9 Å². The van der Waals surface area contributed by atoms with E-state index >= 15 is 0 Å². The molecule has 1 aromatic heterocycles. The van der Waals surface area contributed by atoms with E-state index in [9.17, 15) is 13.2 Å². The number of nitrogens with one attached hydrogen (secondary N) is 2. The first-order chi connectivity index (χ1) is 10.8. The first kappa shape index (κ1) is 20.0. The van der Waals surface area contributed by atoms with Gasteiger partial charge in [0.1, 0.15) is 0 Å². The standard InChI is InChI=1S/C14H26N4O3S2/c1-5-7-8-11(6-2)9-15-23(20,21)14-18-17-13(22-14)16-12(19)10(3)4/h10-11,15H,5-9H2,1-4H3,(H,16,17,19)/t11-/m1/s1. The molecule has 2 N–H and O–H groups in total. The van der Waals surface area contributed by atoms with Crippen LogP contribution in [0.5, 0.6) is 0 Å². The molecule has 0 aromatic carbocycles. The Balaban J connectivity index is 2.66. The van der Waals surface area contributed by atoms with Crippen LogP contribution in [0.15, 0.2) is 4.34 Å². The van der Waals surface area contributed by atoms with Gasteiger partial charge in [-0.25, -0.2) is 13.1 Å². The fourth-order valence-electron chi connectivity index (χ4n) is 1.85. The van der Waals surface area contributed by atoms with Crippen LogP contribution in [-0.4, -0.2) is 31.1 Å². The molecule has 1 amide bonds. The number of hydrogen-bond acceptors (Lipinski definition) is 6. The molecule has 0 aliphatic rings. The van der Waals surface area contributed by atoms with Gasteiger partial charge in [-0.15, -0.1) is 10.2 Å². The Kier molecular flexibility index (Phi) is 8.07. The maximum Gasteiger partial charge on any atom is 0.269 e. The molecule has 7 nitrogen and oxygen atoms in total. The monoisotopic (exact) mass is 362 g/mol. The van der Waals surface area contributed by atoms with Crippen LogP contribution in [0.2, 0.25) is 0 Å². The van der Waals surface area contributed by atoms with Crippen LogP contribution >= 0.6 is 11.3 Å². The average Bonchev–Trinajstić information content (AvgIpc) is 2.96. The van der Waals surface area contributed by atoms with Crippen LogP contribution in [0.4, 0.5) is 5.13 Å². The van der Waals surface area contributed by atoms with E-state index in [4.69, 9.17) is 0 Å². The molecule has 0 unspecified atom stereocenters. The third-order valence-electron chi connectivity index (χ3n) is 3.50. The lowest BCUT2D eigenvalue weighted by Gasteiger charge is -2.14. The van der Waals surface area contributed by atoms with Gasteiger partial charge >= 0.3 is 0 Å². The highest BCUT2D eigenvalue weighted by atomic mass is 32.2. The number of amides is 1. The van der Waals surface area contributed by atoms with Crippen molar-refractivity contribution in [2.45, 2.75) is 57.7 Å². The summed E-state index contributed by atoms with van der Waals surface area (Å²) in [6.45, 7) is 8.06. The van der Waals surface area contributed by atoms with E-state index < -0.39 is 10.0 Å². The molecule has 0 spiro atoms. The summed E-state index contributed by atoms with van der Waals surface area (Å²) in [5.74, 6) is -0.109. The fraction of sp³-hybridized carbons (Fsp3) is 0.786. The number of unbranched alkanes of at least 4 members (excludes halogenated alkanes) is 1. The largest absolute Gasteiger partial charge is 0.300 e. The predicted molar refractivity (Wildman–Crippen MR) is 91.9 cm³/mol. The molecule has 23 heavy (non-hydrogen) atoms. The lowest BCUT2D eigenvalue weighted by atomic mass is 10.00. The lowest BCUT2D eigenvalue weighted by Crippen LogP contribution is -2.29. The smallest absolute Gasteiger partial charge is 0.269 e. The normalized spacial score (nSPS) is 13.3. The number of nitrogens with zero attached hydrogens (tertiary/aromatic N) is 2. The maximum absolute atomic E-state index is 12.2. The van der Waals surface area contributed by atoms with Crippen molar-refractivity contribution in [2.24, 2.45) is 11.8 Å². The quantitative estimate of drug-likeness (QED) is 0.623. The summed E-state index contributed by atoms with van der Waals surface area (Å²) >= 11 is 0.858. The second kappa shape index (κ2) is 9.29. The van der Waals surface area contributed by atoms with Gasteiger partial charge in [-0.2, -0.15) is 0 Å². The number of anilines is 1. The Bertz CT molecular complexity index is 599. The molecule has 1 atom stereocenters. The van der Waals surface area contributed by atoms with Gasteiger partial charge < -0.3 is 5.32 Å². The van der Waals surface area contributed by atoms with E-state index in [2.05, 4.69) is 34.1 Å². The van der Waals surface area contributed by atoms with Gasteiger partial charge in [-0.1, -0.05) is 58.3 Å². The molecule has 9 heteroatoms. The minimum Gasteiger partial charge on any atom is -0.300 e. The fourth-order valence-corrected chi connectivity index (χ4v) is 3.91. The molecule has 0 bridgehead atoms. The van der Waals surface area contributed by atoms with Gasteiger partial charge in [-0.05, 0) is 12.3 Å². The molecule has 1 aromatic rings. The van der Waals surface area contributed by atoms with E-state index in [1.165, 1.54) is 0 Å². The van der Waals surface area contributed by atoms with E-state index in [-0.39, 0.29) is 21.3 Å². The van der Waals surface area contributed by atoms with Gasteiger partial charge in [0.25, 0.3) is 10.0 Å². The summed E-state index contributed by atoms with van der Waals surface area (Å²) < 4.78 is 27.0. The summed E-state index contributed by atoms with van der Waals surface area (Å²) in [6, 6.07) is 0. The van der Waals surface area contributed by atoms with Gasteiger partial charge in [0, 0.05) is 12.5 Å². The van der Waals surface area contributed by atoms with Crippen molar-refractivity contribution in [3.63, 3.8) is 0 Å². The molecule has 0 aliphatic heterocycles. The van der Waals surface area contributed by atoms with E-state index in [0.717, 1.165) is 37.0 Å². The number of hydrogen-bond donors (Lipinski definition) is 2. The second-order valence-electron chi connectivity index (χ2n) is 5.79. The topological polar surface area (TPSA) is 101 Å². The Morgan fingerprint density at radius 3 is 2.52 bits per heavy atom. The van der Waals surface area contributed by atoms with E-state index in [0.29, 0.717) is 12.5 Å². The zero-order valence-electron chi connectivity index (χ0n) is 14.1. The maximum atomic E-state index is 12.2. The van der Waals surface area contributed by atoms with Crippen LogP contribution in [0.25, 0.3) is 0 Å². The number of rotatable bonds is 10. The van der Waals surface area contributed by atoms with Gasteiger partial charge in [0.05, 0.1) is 0 Å². The number of aromatic nitrogens is 2. The van der Waals surface area contributed by atoms with Crippen LogP contribution in [0.3, 0.4) is 0 Å². The van der Waals surface area contributed by atoms with Crippen LogP contribution < -0.4 is 10.0 Å². The minimum absolute atomic E-state index is 0.123. The van der Waals surface area contributed by atoms with Crippen molar-refractivity contribution < 1.29 is 13.2 Å². The molecule has 1 heterocycles. The van der Waals surface area contributed by atoms with Crippen molar-refractivity contribution in [2.75, 3.05) is 11.9 Å². The van der Waals surface area contributed by atoms with Crippen molar-refractivity contribution in [3.8, 4) is 0 Å². The second-order valence-corrected chi connectivity index (χ2v) is 8.70. The molecule has 0 fully saturated rings. The molecule has 1 rings (SSSR count). The summed E-state index contributed by atoms with van der Waals surface area (Å²) in [4.78, 5) is 11.6. The van der Waals surface area contributed by atoms with Gasteiger partial charge in [0.2, 0.25) is 15.4 Å².